The molecule has 0 bridgehead atoms. The normalized spacial score (nSPS) is 16.9. The lowest BCUT2D eigenvalue weighted by atomic mass is 10.2. The summed E-state index contributed by atoms with van der Waals surface area (Å²) in [6, 6.07) is 15.7. The molecule has 1 aliphatic heterocycles. The maximum atomic E-state index is 12.4. The molecule has 1 fully saturated rings. The molecular weight excluding hydrogens is 466 g/mol. The average Bonchev–Trinajstić information content (AvgIpc) is 3.23. The van der Waals surface area contributed by atoms with E-state index in [2.05, 4.69) is 26.3 Å². The van der Waals surface area contributed by atoms with E-state index in [0.717, 1.165) is 24.6 Å². The fraction of sp³-hybridized carbons (Fsp3) is 0.167. The molecule has 1 aliphatic rings. The van der Waals surface area contributed by atoms with Crippen LogP contribution < -0.4 is 5.43 Å². The van der Waals surface area contributed by atoms with Gasteiger partial charge in [0.2, 0.25) is 5.91 Å². The molecule has 1 aromatic heterocycles. The highest BCUT2D eigenvalue weighted by Crippen LogP contribution is 2.38. The number of hydrogen-bond donors (Lipinski definition) is 1. The fourth-order valence-corrected chi connectivity index (χ4v) is 6.03. The number of hydrazine groups is 1. The van der Waals surface area contributed by atoms with Gasteiger partial charge < -0.3 is 0 Å². The standard InChI is InChI=1S/C18H14BrN3O2S3/c19-12-5-3-4-11(8-12)17-22(16(24)10-25-17)21-15(23)9-26-18-20-13-6-1-2-7-14(13)27-18/h1-8,17H,9-10H2,(H,21,23). The summed E-state index contributed by atoms with van der Waals surface area (Å²) in [6.45, 7) is 0. The number of thioether (sulfide) groups is 2. The maximum Gasteiger partial charge on any atom is 0.252 e. The van der Waals surface area contributed by atoms with Crippen LogP contribution in [-0.2, 0) is 9.59 Å². The number of thiazole rings is 1. The van der Waals surface area contributed by atoms with Gasteiger partial charge in [0.1, 0.15) is 5.37 Å². The number of fused-ring (bicyclic) bond motifs is 1. The van der Waals surface area contributed by atoms with E-state index in [-0.39, 0.29) is 22.9 Å². The molecular formula is C18H14BrN3O2S3. The summed E-state index contributed by atoms with van der Waals surface area (Å²) < 4.78 is 2.89. The van der Waals surface area contributed by atoms with Crippen molar-refractivity contribution in [1.29, 1.82) is 0 Å². The predicted octanol–water partition coefficient (Wildman–Crippen LogP) is 4.46. The SMILES string of the molecule is O=C(CSc1nc2ccccc2s1)NN1C(=O)CSC1c1cccc(Br)c1. The summed E-state index contributed by atoms with van der Waals surface area (Å²) in [5, 5.41) is 1.22. The van der Waals surface area contributed by atoms with Crippen LogP contribution in [0.2, 0.25) is 0 Å². The Kier molecular flexibility index (Phi) is 5.72. The number of amides is 2. The molecule has 27 heavy (non-hydrogen) atoms. The van der Waals surface area contributed by atoms with Crippen LogP contribution in [0.3, 0.4) is 0 Å². The van der Waals surface area contributed by atoms with Gasteiger partial charge in [-0.25, -0.2) is 9.99 Å². The molecule has 5 nitrogen and oxygen atoms in total. The zero-order valence-electron chi connectivity index (χ0n) is 13.9. The van der Waals surface area contributed by atoms with Crippen molar-refractivity contribution in [3.63, 3.8) is 0 Å². The predicted molar refractivity (Wildman–Crippen MR) is 115 cm³/mol. The third-order valence-corrected chi connectivity index (χ3v) is 7.73. The van der Waals surface area contributed by atoms with Crippen molar-refractivity contribution in [2.45, 2.75) is 9.71 Å². The van der Waals surface area contributed by atoms with E-state index in [1.807, 2.05) is 48.5 Å². The van der Waals surface area contributed by atoms with E-state index in [1.165, 1.54) is 28.5 Å². The molecule has 1 saturated heterocycles. The van der Waals surface area contributed by atoms with Gasteiger partial charge in [0.15, 0.2) is 4.34 Å². The zero-order valence-corrected chi connectivity index (χ0v) is 18.0. The van der Waals surface area contributed by atoms with Gasteiger partial charge in [0.25, 0.3) is 5.91 Å². The van der Waals surface area contributed by atoms with Crippen LogP contribution in [0.1, 0.15) is 10.9 Å². The number of para-hydroxylation sites is 1. The van der Waals surface area contributed by atoms with E-state index >= 15 is 0 Å². The number of carbonyl (C=O) groups is 2. The lowest BCUT2D eigenvalue weighted by Crippen LogP contribution is -2.45. The number of nitrogens with one attached hydrogen (secondary N) is 1. The molecule has 0 radical (unpaired) electrons. The molecule has 2 aromatic carbocycles. The van der Waals surface area contributed by atoms with Gasteiger partial charge in [-0.2, -0.15) is 0 Å². The first-order valence-electron chi connectivity index (χ1n) is 8.07. The van der Waals surface area contributed by atoms with Gasteiger partial charge in [0, 0.05) is 4.47 Å². The Balaban J connectivity index is 1.40. The zero-order chi connectivity index (χ0) is 18.8. The molecule has 1 atom stereocenters. The van der Waals surface area contributed by atoms with Crippen molar-refractivity contribution in [3.05, 3.63) is 58.6 Å². The van der Waals surface area contributed by atoms with E-state index in [9.17, 15) is 9.59 Å². The Morgan fingerprint density at radius 1 is 1.30 bits per heavy atom. The lowest BCUT2D eigenvalue weighted by Gasteiger charge is -2.24. The molecule has 9 heteroatoms. The van der Waals surface area contributed by atoms with Crippen LogP contribution in [0.5, 0.6) is 0 Å². The van der Waals surface area contributed by atoms with Gasteiger partial charge in [-0.1, -0.05) is 52.0 Å². The van der Waals surface area contributed by atoms with E-state index in [4.69, 9.17) is 0 Å². The Morgan fingerprint density at radius 3 is 2.96 bits per heavy atom. The molecule has 0 aliphatic carbocycles. The Bertz CT molecular complexity index is 977. The third-order valence-electron chi connectivity index (χ3n) is 3.85. The maximum absolute atomic E-state index is 12.4. The average molecular weight is 480 g/mol. The van der Waals surface area contributed by atoms with Crippen molar-refractivity contribution in [2.75, 3.05) is 11.5 Å². The lowest BCUT2D eigenvalue weighted by molar-refractivity contribution is -0.138. The fourth-order valence-electron chi connectivity index (χ4n) is 2.66. The van der Waals surface area contributed by atoms with Crippen molar-refractivity contribution in [2.24, 2.45) is 0 Å². The molecule has 1 unspecified atom stereocenters. The first-order valence-corrected chi connectivity index (χ1v) is 11.7. The minimum atomic E-state index is -0.216. The van der Waals surface area contributed by atoms with Gasteiger partial charge in [-0.3, -0.25) is 15.0 Å². The van der Waals surface area contributed by atoms with Crippen molar-refractivity contribution >= 4 is 72.8 Å². The van der Waals surface area contributed by atoms with Gasteiger partial charge in [-0.05, 0) is 29.8 Å². The smallest absolute Gasteiger partial charge is 0.252 e. The first kappa shape index (κ1) is 18.8. The molecule has 4 rings (SSSR count). The number of nitrogens with zero attached hydrogens (tertiary/aromatic N) is 2. The summed E-state index contributed by atoms with van der Waals surface area (Å²) in [5.41, 5.74) is 4.67. The number of aromatic nitrogens is 1. The van der Waals surface area contributed by atoms with Crippen LogP contribution in [0.4, 0.5) is 0 Å². The second-order valence-electron chi connectivity index (χ2n) is 5.75. The number of benzene rings is 2. The topological polar surface area (TPSA) is 62.3 Å². The summed E-state index contributed by atoms with van der Waals surface area (Å²) in [4.78, 5) is 29.2. The minimum absolute atomic E-state index is 0.0942. The highest BCUT2D eigenvalue weighted by molar-refractivity contribution is 9.10. The van der Waals surface area contributed by atoms with E-state index in [1.54, 1.807) is 11.3 Å². The van der Waals surface area contributed by atoms with Crippen LogP contribution in [0.25, 0.3) is 10.2 Å². The second-order valence-corrected chi connectivity index (χ2v) is 9.99. The summed E-state index contributed by atoms with van der Waals surface area (Å²) >= 11 is 7.90. The number of carbonyl (C=O) groups excluding carboxylic acids is 2. The molecule has 138 valence electrons. The minimum Gasteiger partial charge on any atom is -0.272 e. The first-order chi connectivity index (χ1) is 13.1. The third kappa shape index (κ3) is 4.31. The Hall–Kier alpha value is -1.55. The van der Waals surface area contributed by atoms with Gasteiger partial charge in [0.05, 0.1) is 21.7 Å². The van der Waals surface area contributed by atoms with Crippen molar-refractivity contribution in [1.82, 2.24) is 15.4 Å². The molecule has 0 spiro atoms. The number of halogens is 1. The monoisotopic (exact) mass is 479 g/mol. The highest BCUT2D eigenvalue weighted by Gasteiger charge is 2.34. The largest absolute Gasteiger partial charge is 0.272 e. The summed E-state index contributed by atoms with van der Waals surface area (Å²) in [7, 11) is 0. The molecule has 0 saturated carbocycles. The van der Waals surface area contributed by atoms with Crippen LogP contribution >= 0.6 is 50.8 Å². The molecule has 3 aromatic rings. The Morgan fingerprint density at radius 2 is 2.15 bits per heavy atom. The van der Waals surface area contributed by atoms with Crippen LogP contribution in [0.15, 0.2) is 57.3 Å². The Labute approximate surface area is 177 Å². The van der Waals surface area contributed by atoms with E-state index in [0.29, 0.717) is 5.75 Å². The van der Waals surface area contributed by atoms with Crippen LogP contribution in [-0.4, -0.2) is 33.3 Å². The van der Waals surface area contributed by atoms with Gasteiger partial charge in [-0.15, -0.1) is 23.1 Å². The summed E-state index contributed by atoms with van der Waals surface area (Å²) in [6.07, 6.45) is 0. The number of hydrogen-bond acceptors (Lipinski definition) is 6. The second kappa shape index (κ2) is 8.22. The summed E-state index contributed by atoms with van der Waals surface area (Å²) in [5.74, 6) is 0.250. The van der Waals surface area contributed by atoms with Crippen LogP contribution in [0, 0.1) is 0 Å². The van der Waals surface area contributed by atoms with Crippen molar-refractivity contribution in [3.8, 4) is 0 Å². The molecule has 2 heterocycles. The van der Waals surface area contributed by atoms with Gasteiger partial charge >= 0.3 is 0 Å². The molecule has 1 N–H and O–H groups in total. The van der Waals surface area contributed by atoms with E-state index < -0.39 is 0 Å². The molecule has 2 amide bonds. The van der Waals surface area contributed by atoms with Crippen molar-refractivity contribution < 1.29 is 9.59 Å². The number of rotatable bonds is 5. The highest BCUT2D eigenvalue weighted by atomic mass is 79.9. The quantitative estimate of drug-likeness (QED) is 0.547.